The summed E-state index contributed by atoms with van der Waals surface area (Å²) < 4.78 is 10.4. The third-order valence-corrected chi connectivity index (χ3v) is 4.07. The van der Waals surface area contributed by atoms with Gasteiger partial charge in [-0.1, -0.05) is 0 Å². The van der Waals surface area contributed by atoms with Crippen LogP contribution in [0, 0.1) is 10.1 Å². The maximum Gasteiger partial charge on any atom is 0.410 e. The van der Waals surface area contributed by atoms with E-state index in [9.17, 15) is 19.7 Å². The van der Waals surface area contributed by atoms with E-state index in [0.717, 1.165) is 0 Å². The van der Waals surface area contributed by atoms with Gasteiger partial charge in [0.05, 0.1) is 17.6 Å². The van der Waals surface area contributed by atoms with E-state index in [1.165, 1.54) is 29.2 Å². The molecule has 9 nitrogen and oxygen atoms in total. The number of carbonyl (C=O) groups excluding carboxylic acids is 2. The van der Waals surface area contributed by atoms with E-state index in [4.69, 9.17) is 15.2 Å². The van der Waals surface area contributed by atoms with Crippen LogP contribution in [0.15, 0.2) is 24.3 Å². The molecule has 0 radical (unpaired) electrons. The SMILES string of the molecule is NC(=O)COC[C@@H]1C[C@H](S)CN1C(=O)OCc1ccc([N+](=O)[O-])cc1. The molecule has 0 aromatic heterocycles. The number of hydrogen-bond acceptors (Lipinski definition) is 7. The second-order valence-corrected chi connectivity index (χ2v) is 6.39. The lowest BCUT2D eigenvalue weighted by Crippen LogP contribution is -2.39. The average Bonchev–Trinajstić information content (AvgIpc) is 2.93. The van der Waals surface area contributed by atoms with Crippen molar-refractivity contribution in [3.8, 4) is 0 Å². The monoisotopic (exact) mass is 369 g/mol. The van der Waals surface area contributed by atoms with Crippen LogP contribution in [0.25, 0.3) is 0 Å². The molecule has 1 aliphatic heterocycles. The molecule has 1 saturated heterocycles. The molecule has 1 aromatic rings. The molecule has 0 spiro atoms. The van der Waals surface area contributed by atoms with Crippen LogP contribution in [-0.2, 0) is 20.9 Å². The molecule has 25 heavy (non-hydrogen) atoms. The Balaban J connectivity index is 1.87. The van der Waals surface area contributed by atoms with Gasteiger partial charge in [0, 0.05) is 23.9 Å². The van der Waals surface area contributed by atoms with E-state index < -0.39 is 16.9 Å². The number of non-ortho nitro benzene ring substituents is 1. The number of nitro groups is 1. The largest absolute Gasteiger partial charge is 0.445 e. The fourth-order valence-corrected chi connectivity index (χ4v) is 2.93. The van der Waals surface area contributed by atoms with Gasteiger partial charge in [0.25, 0.3) is 5.69 Å². The molecule has 1 aliphatic rings. The molecule has 2 N–H and O–H groups in total. The predicted molar refractivity (Wildman–Crippen MR) is 91.2 cm³/mol. The van der Waals surface area contributed by atoms with Crippen LogP contribution in [0.4, 0.5) is 10.5 Å². The van der Waals surface area contributed by atoms with Crippen LogP contribution in [-0.4, -0.2) is 52.9 Å². The van der Waals surface area contributed by atoms with E-state index in [0.29, 0.717) is 18.5 Å². The Kier molecular flexibility index (Phi) is 6.59. The smallest absolute Gasteiger partial charge is 0.410 e. The fraction of sp³-hybridized carbons (Fsp3) is 0.467. The number of amides is 2. The lowest BCUT2D eigenvalue weighted by atomic mass is 10.2. The molecule has 1 heterocycles. The molecule has 0 saturated carbocycles. The van der Waals surface area contributed by atoms with E-state index >= 15 is 0 Å². The molecule has 2 atom stereocenters. The summed E-state index contributed by atoms with van der Waals surface area (Å²) in [5.74, 6) is -0.576. The van der Waals surface area contributed by atoms with Crippen molar-refractivity contribution < 1.29 is 24.0 Å². The van der Waals surface area contributed by atoms with Gasteiger partial charge in [-0.2, -0.15) is 12.6 Å². The van der Waals surface area contributed by atoms with Crippen LogP contribution in [0.1, 0.15) is 12.0 Å². The Morgan fingerprint density at radius 1 is 1.36 bits per heavy atom. The minimum Gasteiger partial charge on any atom is -0.445 e. The molecule has 2 rings (SSSR count). The Morgan fingerprint density at radius 2 is 2.04 bits per heavy atom. The normalized spacial score (nSPS) is 19.6. The van der Waals surface area contributed by atoms with Gasteiger partial charge in [-0.05, 0) is 24.1 Å². The average molecular weight is 369 g/mol. The Labute approximate surface area is 149 Å². The number of benzene rings is 1. The van der Waals surface area contributed by atoms with Crippen molar-refractivity contribution in [3.63, 3.8) is 0 Å². The van der Waals surface area contributed by atoms with Gasteiger partial charge >= 0.3 is 6.09 Å². The highest BCUT2D eigenvalue weighted by atomic mass is 32.1. The predicted octanol–water partition coefficient (Wildman–Crippen LogP) is 1.11. The van der Waals surface area contributed by atoms with Crippen molar-refractivity contribution >= 4 is 30.3 Å². The highest BCUT2D eigenvalue weighted by Gasteiger charge is 2.34. The molecule has 1 fully saturated rings. The standard InChI is InChI=1S/C15H19N3O6S/c16-14(19)9-23-8-12-5-13(25)6-17(12)15(20)24-7-10-1-3-11(4-2-10)18(21)22/h1-4,12-13,25H,5-9H2,(H2,16,19)/t12-,13-/m0/s1. The van der Waals surface area contributed by atoms with Crippen molar-refractivity contribution in [3.05, 3.63) is 39.9 Å². The van der Waals surface area contributed by atoms with Gasteiger partial charge < -0.3 is 20.1 Å². The van der Waals surface area contributed by atoms with Gasteiger partial charge in [-0.3, -0.25) is 14.9 Å². The Morgan fingerprint density at radius 3 is 2.64 bits per heavy atom. The van der Waals surface area contributed by atoms with E-state index in [-0.39, 0.29) is 36.8 Å². The zero-order chi connectivity index (χ0) is 18.4. The minimum absolute atomic E-state index is 0.000567. The maximum absolute atomic E-state index is 12.3. The maximum atomic E-state index is 12.3. The molecular formula is C15H19N3O6S. The van der Waals surface area contributed by atoms with Gasteiger partial charge in [0.1, 0.15) is 13.2 Å². The highest BCUT2D eigenvalue weighted by molar-refractivity contribution is 7.81. The second kappa shape index (κ2) is 8.67. The zero-order valence-corrected chi connectivity index (χ0v) is 14.3. The third kappa shape index (κ3) is 5.61. The van der Waals surface area contributed by atoms with Crippen LogP contribution in [0.2, 0.25) is 0 Å². The summed E-state index contributed by atoms with van der Waals surface area (Å²) in [6.45, 7) is 0.373. The van der Waals surface area contributed by atoms with Crippen molar-refractivity contribution in [1.82, 2.24) is 4.90 Å². The first-order valence-electron chi connectivity index (χ1n) is 7.57. The van der Waals surface area contributed by atoms with Crippen LogP contribution < -0.4 is 5.73 Å². The number of rotatable bonds is 7. The fourth-order valence-electron chi connectivity index (χ4n) is 2.51. The van der Waals surface area contributed by atoms with Crippen LogP contribution in [0.5, 0.6) is 0 Å². The number of primary amides is 1. The van der Waals surface area contributed by atoms with Gasteiger partial charge in [0.2, 0.25) is 5.91 Å². The highest BCUT2D eigenvalue weighted by Crippen LogP contribution is 2.23. The van der Waals surface area contributed by atoms with E-state index in [2.05, 4.69) is 12.6 Å². The number of carbonyl (C=O) groups is 2. The summed E-state index contributed by atoms with van der Waals surface area (Å²) in [6.07, 6.45) is 0.0942. The van der Waals surface area contributed by atoms with Crippen LogP contribution >= 0.6 is 12.6 Å². The molecule has 0 aliphatic carbocycles. The molecular weight excluding hydrogens is 350 g/mol. The van der Waals surface area contributed by atoms with Gasteiger partial charge in [-0.25, -0.2) is 4.79 Å². The van der Waals surface area contributed by atoms with Crippen molar-refractivity contribution in [2.45, 2.75) is 24.3 Å². The Bertz CT molecular complexity index is 639. The summed E-state index contributed by atoms with van der Waals surface area (Å²) in [5, 5.41) is 10.6. The van der Waals surface area contributed by atoms with Crippen molar-refractivity contribution in [1.29, 1.82) is 0 Å². The summed E-state index contributed by atoms with van der Waals surface area (Å²) >= 11 is 4.38. The van der Waals surface area contributed by atoms with E-state index in [1.54, 1.807) is 0 Å². The number of nitrogens with zero attached hydrogens (tertiary/aromatic N) is 2. The number of nitrogens with two attached hydrogens (primary N) is 1. The molecule has 0 bridgehead atoms. The van der Waals surface area contributed by atoms with Gasteiger partial charge in [0.15, 0.2) is 0 Å². The number of hydrogen-bond donors (Lipinski definition) is 2. The topological polar surface area (TPSA) is 125 Å². The first-order valence-corrected chi connectivity index (χ1v) is 8.09. The summed E-state index contributed by atoms with van der Waals surface area (Å²) in [6, 6.07) is 5.52. The minimum atomic E-state index is -0.576. The number of thiol groups is 1. The Hall–Kier alpha value is -2.33. The summed E-state index contributed by atoms with van der Waals surface area (Å²) in [4.78, 5) is 34.6. The number of likely N-dealkylation sites (tertiary alicyclic amines) is 1. The van der Waals surface area contributed by atoms with Crippen molar-refractivity contribution in [2.24, 2.45) is 5.73 Å². The second-order valence-electron chi connectivity index (χ2n) is 5.66. The zero-order valence-electron chi connectivity index (χ0n) is 13.4. The third-order valence-electron chi connectivity index (χ3n) is 3.69. The molecule has 1 aromatic carbocycles. The molecule has 2 amide bonds. The van der Waals surface area contributed by atoms with E-state index in [1.807, 2.05) is 0 Å². The lowest BCUT2D eigenvalue weighted by Gasteiger charge is -2.23. The van der Waals surface area contributed by atoms with Crippen LogP contribution in [0.3, 0.4) is 0 Å². The molecule has 136 valence electrons. The summed E-state index contributed by atoms with van der Waals surface area (Å²) in [7, 11) is 0. The first kappa shape index (κ1) is 19.0. The molecule has 0 unspecified atom stereocenters. The first-order chi connectivity index (χ1) is 11.9. The quantitative estimate of drug-likeness (QED) is 0.421. The molecule has 10 heteroatoms. The van der Waals surface area contributed by atoms with Gasteiger partial charge in [-0.15, -0.1) is 0 Å². The number of nitro benzene ring substituents is 1. The van der Waals surface area contributed by atoms with Crippen molar-refractivity contribution in [2.75, 3.05) is 19.8 Å². The summed E-state index contributed by atoms with van der Waals surface area (Å²) in [5.41, 5.74) is 5.63. The lowest BCUT2D eigenvalue weighted by molar-refractivity contribution is -0.384. The number of ether oxygens (including phenoxy) is 2.